The van der Waals surface area contributed by atoms with Crippen molar-refractivity contribution < 1.29 is 4.42 Å². The van der Waals surface area contributed by atoms with Crippen molar-refractivity contribution in [3.8, 4) is 56.7 Å². The van der Waals surface area contributed by atoms with Crippen LogP contribution in [0, 0.1) is 0 Å². The molecule has 0 aliphatic rings. The summed E-state index contributed by atoms with van der Waals surface area (Å²) in [5.74, 6) is 2.60. The molecule has 11 aromatic rings. The van der Waals surface area contributed by atoms with E-state index in [1.165, 1.54) is 35.0 Å². The number of para-hydroxylation sites is 2. The second-order valence-electron chi connectivity index (χ2n) is 13.0. The Balaban J connectivity index is 1.07. The summed E-state index contributed by atoms with van der Waals surface area (Å²) < 4.78 is 10.9. The highest BCUT2D eigenvalue weighted by molar-refractivity contribution is 7.26. The van der Waals surface area contributed by atoms with Gasteiger partial charge in [-0.05, 0) is 65.7 Å². The second-order valence-corrected chi connectivity index (χ2v) is 15.1. The fourth-order valence-electron chi connectivity index (χ4n) is 7.25. The first-order valence-electron chi connectivity index (χ1n) is 17.4. The zero-order chi connectivity index (χ0) is 34.9. The van der Waals surface area contributed by atoms with Gasteiger partial charge in [-0.1, -0.05) is 103 Å². The van der Waals surface area contributed by atoms with Crippen LogP contribution in [0.1, 0.15) is 0 Å². The summed E-state index contributed by atoms with van der Waals surface area (Å²) in [4.78, 5) is 20.2. The van der Waals surface area contributed by atoms with Gasteiger partial charge in [0.15, 0.2) is 23.1 Å². The molecule has 11 rings (SSSR count). The summed E-state index contributed by atoms with van der Waals surface area (Å²) in [5.41, 5.74) is 7.79. The van der Waals surface area contributed by atoms with Gasteiger partial charge in [0.1, 0.15) is 5.52 Å². The average Bonchev–Trinajstić information content (AvgIpc) is 3.94. The minimum Gasteiger partial charge on any atom is -0.436 e. The van der Waals surface area contributed by atoms with Gasteiger partial charge in [-0.15, -0.1) is 22.7 Å². The molecule has 0 N–H and O–H groups in total. The zero-order valence-corrected chi connectivity index (χ0v) is 29.7. The second kappa shape index (κ2) is 12.0. The fourth-order valence-corrected chi connectivity index (χ4v) is 9.57. The van der Waals surface area contributed by atoms with Crippen LogP contribution in [0.15, 0.2) is 162 Å². The SMILES string of the molecule is c1ccc(-c2nc(-c3cccc4c3sc3ccccc34)nc(-c3cccc4sc5ccc(-c6ccc(-c7nc8ccccc8o7)cc6)cc5c34)n2)cc1. The van der Waals surface area contributed by atoms with Crippen molar-refractivity contribution in [2.75, 3.05) is 0 Å². The Kier molecular flexibility index (Phi) is 6.83. The fraction of sp³-hybridized carbons (Fsp3) is 0. The quantitative estimate of drug-likeness (QED) is 0.178. The van der Waals surface area contributed by atoms with Crippen LogP contribution in [0.4, 0.5) is 0 Å². The van der Waals surface area contributed by atoms with Crippen molar-refractivity contribution >= 4 is 74.1 Å². The van der Waals surface area contributed by atoms with Gasteiger partial charge >= 0.3 is 0 Å². The van der Waals surface area contributed by atoms with Crippen LogP contribution in [0.25, 0.3) is 108 Å². The number of benzene rings is 7. The van der Waals surface area contributed by atoms with Crippen LogP contribution in [0.5, 0.6) is 0 Å². The Bertz CT molecular complexity index is 3150. The van der Waals surface area contributed by atoms with E-state index in [-0.39, 0.29) is 0 Å². The molecule has 53 heavy (non-hydrogen) atoms. The molecule has 0 unspecified atom stereocenters. The van der Waals surface area contributed by atoms with Crippen LogP contribution in [0.2, 0.25) is 0 Å². The molecule has 0 spiro atoms. The zero-order valence-electron chi connectivity index (χ0n) is 28.0. The molecular weight excluding hydrogens is 689 g/mol. The van der Waals surface area contributed by atoms with Gasteiger partial charge in [0.05, 0.1) is 0 Å². The molecule has 0 radical (unpaired) electrons. The molecule has 0 atom stereocenters. The van der Waals surface area contributed by atoms with Crippen molar-refractivity contribution in [3.63, 3.8) is 0 Å². The lowest BCUT2D eigenvalue weighted by atomic mass is 9.99. The first-order chi connectivity index (χ1) is 26.2. The highest BCUT2D eigenvalue weighted by Gasteiger charge is 2.19. The van der Waals surface area contributed by atoms with Crippen LogP contribution in [-0.4, -0.2) is 19.9 Å². The van der Waals surface area contributed by atoms with Crippen molar-refractivity contribution in [1.29, 1.82) is 0 Å². The molecule has 7 aromatic carbocycles. The predicted octanol–water partition coefficient (Wildman–Crippen LogP) is 13.1. The molecule has 4 heterocycles. The van der Waals surface area contributed by atoms with Crippen LogP contribution >= 0.6 is 22.7 Å². The number of oxazole rings is 1. The normalized spacial score (nSPS) is 11.8. The molecule has 0 fully saturated rings. The molecule has 0 amide bonds. The highest BCUT2D eigenvalue weighted by Crippen LogP contribution is 2.43. The van der Waals surface area contributed by atoms with E-state index < -0.39 is 0 Å². The molecule has 0 saturated carbocycles. The number of thiophene rings is 2. The number of fused-ring (bicyclic) bond motifs is 7. The summed E-state index contributed by atoms with van der Waals surface area (Å²) >= 11 is 3.58. The molecule has 7 heteroatoms. The van der Waals surface area contributed by atoms with E-state index in [0.717, 1.165) is 49.9 Å². The minimum atomic E-state index is 0.622. The topological polar surface area (TPSA) is 64.7 Å². The van der Waals surface area contributed by atoms with Gasteiger partial charge in [0.2, 0.25) is 5.89 Å². The first-order valence-corrected chi connectivity index (χ1v) is 19.0. The molecule has 4 aromatic heterocycles. The number of rotatable bonds is 5. The third-order valence-electron chi connectivity index (χ3n) is 9.81. The van der Waals surface area contributed by atoms with E-state index in [2.05, 4.69) is 120 Å². The Morgan fingerprint density at radius 1 is 0.396 bits per heavy atom. The third kappa shape index (κ3) is 5.04. The Morgan fingerprint density at radius 2 is 1.06 bits per heavy atom. The number of nitrogens with zero attached hydrogens (tertiary/aromatic N) is 4. The van der Waals surface area contributed by atoms with E-state index in [0.29, 0.717) is 23.4 Å². The monoisotopic (exact) mass is 714 g/mol. The predicted molar refractivity (Wildman–Crippen MR) is 220 cm³/mol. The molecular formula is C46H26N4OS2. The van der Waals surface area contributed by atoms with Crippen LogP contribution in [-0.2, 0) is 0 Å². The average molecular weight is 715 g/mol. The van der Waals surface area contributed by atoms with Crippen LogP contribution in [0.3, 0.4) is 0 Å². The maximum Gasteiger partial charge on any atom is 0.227 e. The third-order valence-corrected chi connectivity index (χ3v) is 12.2. The lowest BCUT2D eigenvalue weighted by molar-refractivity contribution is 0.620. The molecule has 0 aliphatic carbocycles. The van der Waals surface area contributed by atoms with E-state index in [1.807, 2.05) is 42.5 Å². The van der Waals surface area contributed by atoms with Gasteiger partial charge in [-0.25, -0.2) is 19.9 Å². The van der Waals surface area contributed by atoms with Gasteiger partial charge in [0, 0.05) is 62.6 Å². The number of hydrogen-bond donors (Lipinski definition) is 0. The summed E-state index contributed by atoms with van der Waals surface area (Å²) in [6, 6.07) is 54.6. The summed E-state index contributed by atoms with van der Waals surface area (Å²) in [6.45, 7) is 0. The van der Waals surface area contributed by atoms with Crippen molar-refractivity contribution in [3.05, 3.63) is 158 Å². The largest absolute Gasteiger partial charge is 0.436 e. The smallest absolute Gasteiger partial charge is 0.227 e. The Hall–Kier alpha value is -6.54. The minimum absolute atomic E-state index is 0.622. The molecule has 0 aliphatic heterocycles. The molecule has 5 nitrogen and oxygen atoms in total. The summed E-state index contributed by atoms with van der Waals surface area (Å²) in [7, 11) is 0. The standard InChI is InChI=1S/C46H26N4OS2/c1-2-10-28(11-3-1)43-48-44(50-45(49-43)34-15-8-13-32-31-12-4-7-18-38(31)53-42(32)34)33-14-9-19-40-41(33)35-26-30(24-25-39(35)52-40)27-20-22-29(23-21-27)46-47-36-16-5-6-17-37(36)51-46/h1-26H. The number of hydrogen-bond acceptors (Lipinski definition) is 7. The van der Waals surface area contributed by atoms with E-state index in [1.54, 1.807) is 22.7 Å². The Morgan fingerprint density at radius 3 is 1.94 bits per heavy atom. The maximum atomic E-state index is 6.03. The van der Waals surface area contributed by atoms with Crippen molar-refractivity contribution in [2.45, 2.75) is 0 Å². The van der Waals surface area contributed by atoms with E-state index in [9.17, 15) is 0 Å². The number of aromatic nitrogens is 4. The van der Waals surface area contributed by atoms with E-state index >= 15 is 0 Å². The van der Waals surface area contributed by atoms with Crippen molar-refractivity contribution in [1.82, 2.24) is 19.9 Å². The van der Waals surface area contributed by atoms with Gasteiger partial charge in [0.25, 0.3) is 0 Å². The van der Waals surface area contributed by atoms with E-state index in [4.69, 9.17) is 19.4 Å². The summed E-state index contributed by atoms with van der Waals surface area (Å²) in [6.07, 6.45) is 0. The molecule has 0 bridgehead atoms. The molecule has 248 valence electrons. The summed E-state index contributed by atoms with van der Waals surface area (Å²) in [5, 5.41) is 4.79. The lowest BCUT2D eigenvalue weighted by Crippen LogP contribution is -2.00. The first kappa shape index (κ1) is 30.1. The van der Waals surface area contributed by atoms with Crippen molar-refractivity contribution in [2.24, 2.45) is 0 Å². The van der Waals surface area contributed by atoms with Crippen LogP contribution < -0.4 is 0 Å². The molecule has 0 saturated heterocycles. The lowest BCUT2D eigenvalue weighted by Gasteiger charge is -2.10. The van der Waals surface area contributed by atoms with Gasteiger partial charge in [-0.2, -0.15) is 0 Å². The van der Waals surface area contributed by atoms with Gasteiger partial charge in [-0.3, -0.25) is 0 Å². The maximum absolute atomic E-state index is 6.03. The van der Waals surface area contributed by atoms with Gasteiger partial charge < -0.3 is 4.42 Å². The Labute approximate surface area is 311 Å². The highest BCUT2D eigenvalue weighted by atomic mass is 32.1.